The summed E-state index contributed by atoms with van der Waals surface area (Å²) in [6.45, 7) is 5.00. The maximum absolute atomic E-state index is 13.1. The Bertz CT molecular complexity index is 1260. The van der Waals surface area contributed by atoms with Crippen molar-refractivity contribution < 1.29 is 13.6 Å². The molecule has 7 heteroatoms. The summed E-state index contributed by atoms with van der Waals surface area (Å²) >= 11 is 0. The number of carbonyl (C=O) groups excluding carboxylic acids is 1. The molecule has 0 atom stereocenters. The van der Waals surface area contributed by atoms with Gasteiger partial charge in [0.25, 0.3) is 0 Å². The van der Waals surface area contributed by atoms with E-state index in [1.165, 1.54) is 23.4 Å². The maximum atomic E-state index is 13.1. The molecule has 0 radical (unpaired) electrons. The minimum absolute atomic E-state index is 0.0983. The molecular formula is C29H29FN4O2. The van der Waals surface area contributed by atoms with Gasteiger partial charge in [0.15, 0.2) is 11.7 Å². The first kappa shape index (κ1) is 23.8. The third kappa shape index (κ3) is 6.17. The SMILES string of the molecule is O=C(CCc1ncc(-c2ccc(F)cc2)o1)Nc1ccc(N2CCN(Cc3ccccc3)CC2)cc1. The summed E-state index contributed by atoms with van der Waals surface area (Å²) in [5.41, 5.74) is 4.03. The highest BCUT2D eigenvalue weighted by Crippen LogP contribution is 2.22. The average molecular weight is 485 g/mol. The Kier molecular flexibility index (Phi) is 7.38. The van der Waals surface area contributed by atoms with Crippen molar-refractivity contribution in [3.05, 3.63) is 102 Å². The van der Waals surface area contributed by atoms with E-state index >= 15 is 0 Å². The normalized spacial score (nSPS) is 14.1. The summed E-state index contributed by atoms with van der Waals surface area (Å²) in [6, 6.07) is 24.6. The summed E-state index contributed by atoms with van der Waals surface area (Å²) in [6.07, 6.45) is 2.24. The van der Waals surface area contributed by atoms with E-state index in [1.54, 1.807) is 18.3 Å². The highest BCUT2D eigenvalue weighted by atomic mass is 19.1. The Labute approximate surface area is 210 Å². The van der Waals surface area contributed by atoms with Crippen LogP contribution >= 0.6 is 0 Å². The lowest BCUT2D eigenvalue weighted by atomic mass is 10.2. The molecular weight excluding hydrogens is 455 g/mol. The number of hydrogen-bond donors (Lipinski definition) is 1. The molecule has 2 heterocycles. The molecule has 0 spiro atoms. The topological polar surface area (TPSA) is 61.6 Å². The van der Waals surface area contributed by atoms with Crippen LogP contribution in [0.5, 0.6) is 0 Å². The van der Waals surface area contributed by atoms with Crippen molar-refractivity contribution >= 4 is 17.3 Å². The number of halogens is 1. The number of amides is 1. The number of aromatic nitrogens is 1. The monoisotopic (exact) mass is 484 g/mol. The van der Waals surface area contributed by atoms with Gasteiger partial charge in [-0.15, -0.1) is 0 Å². The highest BCUT2D eigenvalue weighted by Gasteiger charge is 2.17. The molecule has 3 aromatic carbocycles. The van der Waals surface area contributed by atoms with Gasteiger partial charge < -0.3 is 14.6 Å². The van der Waals surface area contributed by atoms with Crippen LogP contribution in [0, 0.1) is 5.82 Å². The maximum Gasteiger partial charge on any atom is 0.224 e. The van der Waals surface area contributed by atoms with Crippen LogP contribution in [-0.4, -0.2) is 42.0 Å². The third-order valence-electron chi connectivity index (χ3n) is 6.39. The quantitative estimate of drug-likeness (QED) is 0.364. The molecule has 1 aliphatic heterocycles. The number of nitrogens with zero attached hydrogens (tertiary/aromatic N) is 3. The zero-order valence-corrected chi connectivity index (χ0v) is 20.1. The number of rotatable bonds is 8. The molecule has 5 rings (SSSR count). The molecule has 1 aliphatic rings. The molecule has 0 bridgehead atoms. The van der Waals surface area contributed by atoms with Crippen molar-refractivity contribution in [1.82, 2.24) is 9.88 Å². The fourth-order valence-corrected chi connectivity index (χ4v) is 4.38. The number of piperazine rings is 1. The van der Waals surface area contributed by atoms with E-state index in [0.29, 0.717) is 18.1 Å². The fourth-order valence-electron chi connectivity index (χ4n) is 4.38. The van der Waals surface area contributed by atoms with E-state index < -0.39 is 0 Å². The Morgan fingerprint density at radius 3 is 2.36 bits per heavy atom. The second kappa shape index (κ2) is 11.2. The molecule has 1 fully saturated rings. The summed E-state index contributed by atoms with van der Waals surface area (Å²) in [4.78, 5) is 21.5. The summed E-state index contributed by atoms with van der Waals surface area (Å²) < 4.78 is 18.8. The second-order valence-electron chi connectivity index (χ2n) is 8.97. The number of benzene rings is 3. The zero-order chi connectivity index (χ0) is 24.7. The minimum atomic E-state index is -0.301. The molecule has 0 unspecified atom stereocenters. The Hall–Kier alpha value is -3.97. The van der Waals surface area contributed by atoms with Gasteiger partial charge in [-0.1, -0.05) is 30.3 Å². The van der Waals surface area contributed by atoms with E-state index in [4.69, 9.17) is 4.42 Å². The Morgan fingerprint density at radius 2 is 1.64 bits per heavy atom. The Morgan fingerprint density at radius 1 is 0.917 bits per heavy atom. The zero-order valence-electron chi connectivity index (χ0n) is 20.1. The van der Waals surface area contributed by atoms with Gasteiger partial charge in [-0.3, -0.25) is 9.69 Å². The lowest BCUT2D eigenvalue weighted by Crippen LogP contribution is -2.45. The molecule has 1 N–H and O–H groups in total. The van der Waals surface area contributed by atoms with Crippen molar-refractivity contribution in [3.63, 3.8) is 0 Å². The van der Waals surface area contributed by atoms with Crippen LogP contribution in [0.4, 0.5) is 15.8 Å². The largest absolute Gasteiger partial charge is 0.441 e. The number of hydrogen-bond acceptors (Lipinski definition) is 5. The van der Waals surface area contributed by atoms with Crippen molar-refractivity contribution in [1.29, 1.82) is 0 Å². The summed E-state index contributed by atoms with van der Waals surface area (Å²) in [7, 11) is 0. The number of carbonyl (C=O) groups is 1. The molecule has 1 amide bonds. The molecule has 36 heavy (non-hydrogen) atoms. The minimum Gasteiger partial charge on any atom is -0.441 e. The van der Waals surface area contributed by atoms with Crippen molar-refractivity contribution in [2.45, 2.75) is 19.4 Å². The molecule has 4 aromatic rings. The second-order valence-corrected chi connectivity index (χ2v) is 8.97. The molecule has 184 valence electrons. The smallest absolute Gasteiger partial charge is 0.224 e. The van der Waals surface area contributed by atoms with Gasteiger partial charge in [0.2, 0.25) is 5.91 Å². The van der Waals surface area contributed by atoms with Gasteiger partial charge in [-0.25, -0.2) is 9.37 Å². The lowest BCUT2D eigenvalue weighted by Gasteiger charge is -2.36. The third-order valence-corrected chi connectivity index (χ3v) is 6.39. The van der Waals surface area contributed by atoms with E-state index in [-0.39, 0.29) is 18.1 Å². The standard InChI is InChI=1S/C29H29FN4O2/c30-24-8-6-23(7-9-24)27-20-31-29(36-27)15-14-28(35)32-25-10-12-26(13-11-25)34-18-16-33(17-19-34)21-22-4-2-1-3-5-22/h1-13,20H,14-19,21H2,(H,32,35). The first-order valence-corrected chi connectivity index (χ1v) is 12.2. The first-order valence-electron chi connectivity index (χ1n) is 12.2. The number of nitrogens with one attached hydrogen (secondary N) is 1. The van der Waals surface area contributed by atoms with E-state index in [2.05, 4.69) is 62.6 Å². The van der Waals surface area contributed by atoms with E-state index in [9.17, 15) is 9.18 Å². The van der Waals surface area contributed by atoms with Gasteiger partial charge in [0.1, 0.15) is 5.82 Å². The van der Waals surface area contributed by atoms with Crippen LogP contribution in [0.25, 0.3) is 11.3 Å². The van der Waals surface area contributed by atoms with Crippen LogP contribution in [0.2, 0.25) is 0 Å². The van der Waals surface area contributed by atoms with Gasteiger partial charge >= 0.3 is 0 Å². The first-order chi connectivity index (χ1) is 17.6. The van der Waals surface area contributed by atoms with Crippen LogP contribution in [-0.2, 0) is 17.8 Å². The lowest BCUT2D eigenvalue weighted by molar-refractivity contribution is -0.116. The van der Waals surface area contributed by atoms with E-state index in [0.717, 1.165) is 44.0 Å². The van der Waals surface area contributed by atoms with Crippen LogP contribution < -0.4 is 10.2 Å². The molecule has 0 saturated carbocycles. The molecule has 6 nitrogen and oxygen atoms in total. The van der Waals surface area contributed by atoms with Crippen LogP contribution in [0.3, 0.4) is 0 Å². The van der Waals surface area contributed by atoms with Gasteiger partial charge in [0, 0.05) is 62.5 Å². The van der Waals surface area contributed by atoms with E-state index in [1.807, 2.05) is 12.1 Å². The Balaban J connectivity index is 1.07. The van der Waals surface area contributed by atoms with Gasteiger partial charge in [-0.05, 0) is 54.1 Å². The van der Waals surface area contributed by atoms with Gasteiger partial charge in [-0.2, -0.15) is 0 Å². The number of oxazole rings is 1. The molecule has 1 aromatic heterocycles. The predicted molar refractivity (Wildman–Crippen MR) is 139 cm³/mol. The van der Waals surface area contributed by atoms with Crippen molar-refractivity contribution in [2.24, 2.45) is 0 Å². The molecule has 0 aliphatic carbocycles. The summed E-state index contributed by atoms with van der Waals surface area (Å²) in [5.74, 6) is 0.636. The van der Waals surface area contributed by atoms with Crippen LogP contribution in [0.1, 0.15) is 17.9 Å². The predicted octanol–water partition coefficient (Wildman–Crippen LogP) is 5.37. The molecule has 1 saturated heterocycles. The average Bonchev–Trinajstić information content (AvgIpc) is 3.39. The van der Waals surface area contributed by atoms with Crippen molar-refractivity contribution in [3.8, 4) is 11.3 Å². The van der Waals surface area contributed by atoms with Crippen LogP contribution in [0.15, 0.2) is 89.5 Å². The highest BCUT2D eigenvalue weighted by molar-refractivity contribution is 5.91. The number of aryl methyl sites for hydroxylation is 1. The van der Waals surface area contributed by atoms with Gasteiger partial charge in [0.05, 0.1) is 6.20 Å². The van der Waals surface area contributed by atoms with Crippen molar-refractivity contribution in [2.75, 3.05) is 36.4 Å². The number of anilines is 2. The summed E-state index contributed by atoms with van der Waals surface area (Å²) in [5, 5.41) is 2.94. The fraction of sp³-hybridized carbons (Fsp3) is 0.241.